The van der Waals surface area contributed by atoms with Gasteiger partial charge in [0.15, 0.2) is 0 Å². The maximum atomic E-state index is 12.6. The lowest BCUT2D eigenvalue weighted by atomic mass is 9.89. The Morgan fingerprint density at radius 3 is 2.62 bits per heavy atom. The monoisotopic (exact) mass is 290 g/mol. The summed E-state index contributed by atoms with van der Waals surface area (Å²) >= 11 is 0. The van der Waals surface area contributed by atoms with Crippen molar-refractivity contribution in [3.05, 3.63) is 29.8 Å². The molecule has 1 saturated heterocycles. The Bertz CT molecular complexity index is 464. The van der Waals surface area contributed by atoms with Gasteiger partial charge in [-0.3, -0.25) is 4.79 Å². The minimum Gasteiger partial charge on any atom is -0.497 e. The van der Waals surface area contributed by atoms with Gasteiger partial charge < -0.3 is 15.4 Å². The first kappa shape index (κ1) is 15.8. The smallest absolute Gasteiger partial charge is 0.240 e. The average molecular weight is 290 g/mol. The summed E-state index contributed by atoms with van der Waals surface area (Å²) in [5, 5.41) is 6.55. The molecular formula is C17H26N2O2. The first-order valence-corrected chi connectivity index (χ1v) is 7.79. The number of ether oxygens (including phenoxy) is 1. The number of methoxy groups -OCH3 is 1. The van der Waals surface area contributed by atoms with Crippen LogP contribution in [0.15, 0.2) is 24.3 Å². The van der Waals surface area contributed by atoms with Crippen molar-refractivity contribution in [1.29, 1.82) is 0 Å². The van der Waals surface area contributed by atoms with Gasteiger partial charge in [-0.05, 0) is 56.8 Å². The highest BCUT2D eigenvalue weighted by atomic mass is 16.5. The Hall–Kier alpha value is -1.55. The van der Waals surface area contributed by atoms with Crippen LogP contribution in [0.3, 0.4) is 0 Å². The highest BCUT2D eigenvalue weighted by Gasteiger charge is 2.35. The number of piperidine rings is 1. The van der Waals surface area contributed by atoms with E-state index in [0.717, 1.165) is 43.5 Å². The predicted octanol–water partition coefficient (Wildman–Crippen LogP) is 2.79. The van der Waals surface area contributed by atoms with Crippen LogP contribution in [0.5, 0.6) is 5.75 Å². The van der Waals surface area contributed by atoms with E-state index in [1.165, 1.54) is 0 Å². The lowest BCUT2D eigenvalue weighted by Gasteiger charge is -2.35. The summed E-state index contributed by atoms with van der Waals surface area (Å²) in [6.45, 7) is 5.01. The van der Waals surface area contributed by atoms with Gasteiger partial charge in [0, 0.05) is 0 Å². The molecule has 116 valence electrons. The molecule has 4 heteroatoms. The Labute approximate surface area is 127 Å². The second kappa shape index (κ2) is 6.94. The highest BCUT2D eigenvalue weighted by molar-refractivity contribution is 5.86. The highest BCUT2D eigenvalue weighted by Crippen LogP contribution is 2.23. The topological polar surface area (TPSA) is 50.4 Å². The molecule has 1 heterocycles. The number of hydrogen-bond acceptors (Lipinski definition) is 3. The lowest BCUT2D eigenvalue weighted by Crippen LogP contribution is -2.57. The van der Waals surface area contributed by atoms with E-state index in [1.54, 1.807) is 7.11 Å². The molecule has 21 heavy (non-hydrogen) atoms. The number of amides is 1. The molecule has 0 aliphatic carbocycles. The van der Waals surface area contributed by atoms with Crippen LogP contribution in [-0.2, 0) is 4.79 Å². The van der Waals surface area contributed by atoms with Crippen LogP contribution in [0.1, 0.15) is 51.1 Å². The SMILES string of the molecule is CCC(NC(=O)C1(C)CCCCN1)c1ccc(OC)cc1. The molecule has 1 fully saturated rings. The van der Waals surface area contributed by atoms with Gasteiger partial charge in [-0.2, -0.15) is 0 Å². The van der Waals surface area contributed by atoms with Crippen LogP contribution in [0.25, 0.3) is 0 Å². The number of rotatable bonds is 5. The van der Waals surface area contributed by atoms with Crippen LogP contribution in [0.2, 0.25) is 0 Å². The standard InChI is InChI=1S/C17H26N2O2/c1-4-15(13-7-9-14(21-3)10-8-13)19-16(20)17(2)11-5-6-12-18-17/h7-10,15,18H,4-6,11-12H2,1-3H3,(H,19,20). The second-order valence-electron chi connectivity index (χ2n) is 5.92. The van der Waals surface area contributed by atoms with Crippen LogP contribution in [0, 0.1) is 0 Å². The number of benzene rings is 1. The number of carbonyl (C=O) groups is 1. The third-order valence-electron chi connectivity index (χ3n) is 4.35. The first-order chi connectivity index (χ1) is 10.1. The van der Waals surface area contributed by atoms with E-state index < -0.39 is 5.54 Å². The zero-order valence-electron chi connectivity index (χ0n) is 13.2. The van der Waals surface area contributed by atoms with E-state index in [9.17, 15) is 4.79 Å². The van der Waals surface area contributed by atoms with Gasteiger partial charge in [0.1, 0.15) is 5.75 Å². The van der Waals surface area contributed by atoms with Crippen molar-refractivity contribution in [2.75, 3.05) is 13.7 Å². The molecule has 0 saturated carbocycles. The Kier molecular flexibility index (Phi) is 5.23. The summed E-state index contributed by atoms with van der Waals surface area (Å²) in [5.41, 5.74) is 0.684. The lowest BCUT2D eigenvalue weighted by molar-refractivity contribution is -0.128. The second-order valence-corrected chi connectivity index (χ2v) is 5.92. The predicted molar refractivity (Wildman–Crippen MR) is 84.4 cm³/mol. The molecule has 0 aromatic heterocycles. The molecule has 0 radical (unpaired) electrons. The normalized spacial score (nSPS) is 23.4. The van der Waals surface area contributed by atoms with E-state index in [-0.39, 0.29) is 11.9 Å². The van der Waals surface area contributed by atoms with Crippen molar-refractivity contribution in [3.8, 4) is 5.75 Å². The van der Waals surface area contributed by atoms with Crippen molar-refractivity contribution in [2.24, 2.45) is 0 Å². The molecule has 2 rings (SSSR count). The molecule has 1 aromatic carbocycles. The van der Waals surface area contributed by atoms with Crippen LogP contribution in [0.4, 0.5) is 0 Å². The maximum absolute atomic E-state index is 12.6. The van der Waals surface area contributed by atoms with Crippen molar-refractivity contribution in [2.45, 2.75) is 51.1 Å². The van der Waals surface area contributed by atoms with E-state index in [4.69, 9.17) is 4.74 Å². The summed E-state index contributed by atoms with van der Waals surface area (Å²) in [6, 6.07) is 7.95. The number of nitrogens with one attached hydrogen (secondary N) is 2. The Morgan fingerprint density at radius 1 is 1.38 bits per heavy atom. The fourth-order valence-electron chi connectivity index (χ4n) is 2.82. The van der Waals surface area contributed by atoms with Crippen molar-refractivity contribution >= 4 is 5.91 Å². The third kappa shape index (κ3) is 3.76. The number of carbonyl (C=O) groups excluding carboxylic acids is 1. The largest absolute Gasteiger partial charge is 0.497 e. The molecule has 1 amide bonds. The summed E-state index contributed by atoms with van der Waals surface area (Å²) in [6.07, 6.45) is 4.03. The minimum absolute atomic E-state index is 0.0453. The summed E-state index contributed by atoms with van der Waals surface area (Å²) in [4.78, 5) is 12.6. The van der Waals surface area contributed by atoms with Gasteiger partial charge in [0.05, 0.1) is 18.7 Å². The fourth-order valence-corrected chi connectivity index (χ4v) is 2.82. The maximum Gasteiger partial charge on any atom is 0.240 e. The zero-order valence-corrected chi connectivity index (χ0v) is 13.2. The number of hydrogen-bond donors (Lipinski definition) is 2. The van der Waals surface area contributed by atoms with E-state index in [1.807, 2.05) is 31.2 Å². The fraction of sp³-hybridized carbons (Fsp3) is 0.588. The van der Waals surface area contributed by atoms with E-state index in [2.05, 4.69) is 17.6 Å². The first-order valence-electron chi connectivity index (χ1n) is 7.79. The summed E-state index contributed by atoms with van der Waals surface area (Å²) < 4.78 is 5.18. The van der Waals surface area contributed by atoms with E-state index in [0.29, 0.717) is 0 Å². The quantitative estimate of drug-likeness (QED) is 0.876. The Morgan fingerprint density at radius 2 is 2.10 bits per heavy atom. The molecule has 1 aliphatic rings. The molecule has 2 atom stereocenters. The van der Waals surface area contributed by atoms with Crippen molar-refractivity contribution in [3.63, 3.8) is 0 Å². The third-order valence-corrected chi connectivity index (χ3v) is 4.35. The van der Waals surface area contributed by atoms with Gasteiger partial charge in [0.2, 0.25) is 5.91 Å². The van der Waals surface area contributed by atoms with E-state index >= 15 is 0 Å². The Balaban J connectivity index is 2.05. The molecule has 1 aromatic rings. The molecule has 4 nitrogen and oxygen atoms in total. The average Bonchev–Trinajstić information content (AvgIpc) is 2.53. The van der Waals surface area contributed by atoms with Crippen LogP contribution in [-0.4, -0.2) is 25.1 Å². The van der Waals surface area contributed by atoms with Gasteiger partial charge >= 0.3 is 0 Å². The molecular weight excluding hydrogens is 264 g/mol. The van der Waals surface area contributed by atoms with Crippen molar-refractivity contribution in [1.82, 2.24) is 10.6 Å². The molecule has 1 aliphatic heterocycles. The zero-order chi connectivity index (χ0) is 15.3. The molecule has 0 bridgehead atoms. The van der Waals surface area contributed by atoms with Gasteiger partial charge in [-0.15, -0.1) is 0 Å². The minimum atomic E-state index is -0.432. The molecule has 2 N–H and O–H groups in total. The van der Waals surface area contributed by atoms with Crippen LogP contribution < -0.4 is 15.4 Å². The van der Waals surface area contributed by atoms with Gasteiger partial charge in [-0.1, -0.05) is 19.1 Å². The van der Waals surface area contributed by atoms with Gasteiger partial charge in [0.25, 0.3) is 0 Å². The summed E-state index contributed by atoms with van der Waals surface area (Å²) in [7, 11) is 1.66. The molecule has 0 spiro atoms. The van der Waals surface area contributed by atoms with Crippen LogP contribution >= 0.6 is 0 Å². The van der Waals surface area contributed by atoms with Crippen molar-refractivity contribution < 1.29 is 9.53 Å². The molecule has 2 unspecified atom stereocenters. The van der Waals surface area contributed by atoms with Gasteiger partial charge in [-0.25, -0.2) is 0 Å². The summed E-state index contributed by atoms with van der Waals surface area (Å²) in [5.74, 6) is 0.936.